The van der Waals surface area contributed by atoms with Crippen LogP contribution in [0, 0.1) is 0 Å². The summed E-state index contributed by atoms with van der Waals surface area (Å²) >= 11 is 4.50. The second-order valence-electron chi connectivity index (χ2n) is 7.68. The van der Waals surface area contributed by atoms with E-state index in [0.29, 0.717) is 61.3 Å². The number of esters is 1. The highest BCUT2D eigenvalue weighted by Gasteiger charge is 2.34. The predicted molar refractivity (Wildman–Crippen MR) is 140 cm³/mol. The number of aromatic nitrogens is 1. The molecule has 0 N–H and O–H groups in total. The Kier molecular flexibility index (Phi) is 7.95. The summed E-state index contributed by atoms with van der Waals surface area (Å²) in [6.07, 6.45) is 3.30. The molecule has 10 heteroatoms. The van der Waals surface area contributed by atoms with Gasteiger partial charge in [0.1, 0.15) is 12.4 Å². The number of fused-ring (bicyclic) bond motifs is 1. The molecule has 0 fully saturated rings. The highest BCUT2D eigenvalue weighted by Crippen LogP contribution is 2.36. The third-order valence-electron chi connectivity index (χ3n) is 5.32. The van der Waals surface area contributed by atoms with Crippen LogP contribution in [-0.2, 0) is 9.53 Å². The number of halogens is 1. The Labute approximate surface area is 220 Å². The minimum atomic E-state index is -0.765. The van der Waals surface area contributed by atoms with Crippen molar-refractivity contribution in [2.24, 2.45) is 4.99 Å². The summed E-state index contributed by atoms with van der Waals surface area (Å²) in [5, 5.41) is 0. The number of nitrogens with zero attached hydrogens (tertiary/aromatic N) is 2. The fourth-order valence-electron chi connectivity index (χ4n) is 3.87. The largest absolute Gasteiger partial charge is 0.490 e. The summed E-state index contributed by atoms with van der Waals surface area (Å²) in [4.78, 5) is 31.8. The van der Waals surface area contributed by atoms with Gasteiger partial charge in [-0.25, -0.2) is 9.79 Å². The lowest BCUT2D eigenvalue weighted by Crippen LogP contribution is -2.40. The number of hydrogen-bond donors (Lipinski definition) is 0. The zero-order valence-corrected chi connectivity index (χ0v) is 22.5. The number of carbonyl (C=O) groups is 1. The molecule has 0 spiro atoms. The Morgan fingerprint density at radius 3 is 2.69 bits per heavy atom. The summed E-state index contributed by atoms with van der Waals surface area (Å²) in [7, 11) is 0. The molecule has 3 aromatic rings. The van der Waals surface area contributed by atoms with Crippen LogP contribution in [0.5, 0.6) is 11.5 Å². The van der Waals surface area contributed by atoms with E-state index in [-0.39, 0.29) is 12.2 Å². The zero-order valence-electron chi connectivity index (χ0n) is 20.1. The Morgan fingerprint density at radius 1 is 1.22 bits per heavy atom. The van der Waals surface area contributed by atoms with Crippen LogP contribution in [0.3, 0.4) is 0 Å². The molecule has 0 aliphatic carbocycles. The number of allylic oxidation sites excluding steroid dienone is 1. The SMILES string of the molecule is C=CCOc1ccc([C@@H]2C(C(=O)OCC)=C(C)N=c3s/c(=C/c4ccc(Br)o4)c(=O)n32)cc1OCC. The van der Waals surface area contributed by atoms with Gasteiger partial charge in [-0.3, -0.25) is 9.36 Å². The first-order chi connectivity index (χ1) is 17.4. The molecule has 0 unspecified atom stereocenters. The van der Waals surface area contributed by atoms with Crippen molar-refractivity contribution in [3.05, 3.63) is 89.9 Å². The van der Waals surface area contributed by atoms with E-state index in [0.717, 1.165) is 0 Å². The van der Waals surface area contributed by atoms with Crippen LogP contribution in [0.4, 0.5) is 0 Å². The van der Waals surface area contributed by atoms with Gasteiger partial charge in [-0.05, 0) is 66.5 Å². The van der Waals surface area contributed by atoms with Crippen molar-refractivity contribution in [2.75, 3.05) is 19.8 Å². The second kappa shape index (κ2) is 11.1. The molecule has 1 atom stereocenters. The molecule has 3 heterocycles. The van der Waals surface area contributed by atoms with Gasteiger partial charge in [0.05, 0.1) is 35.1 Å². The molecule has 1 aliphatic rings. The lowest BCUT2D eigenvalue weighted by atomic mass is 9.95. The zero-order chi connectivity index (χ0) is 25.8. The van der Waals surface area contributed by atoms with Crippen LogP contribution in [0.25, 0.3) is 6.08 Å². The van der Waals surface area contributed by atoms with E-state index in [2.05, 4.69) is 27.5 Å². The standard InChI is InChI=1S/C26H25BrN2O6S/c1-5-12-34-18-10-8-16(13-19(18)32-6-2)23-22(25(31)33-7-3)15(4)28-26-29(23)24(30)20(36-26)14-17-9-11-21(27)35-17/h5,8-11,13-14,23H,1,6-7,12H2,2-4H3/b20-14+/t23-/m1/s1. The highest BCUT2D eigenvalue weighted by atomic mass is 79.9. The lowest BCUT2D eigenvalue weighted by Gasteiger charge is -2.25. The van der Waals surface area contributed by atoms with E-state index in [1.165, 1.54) is 15.9 Å². The minimum Gasteiger partial charge on any atom is -0.490 e. The molecule has 1 aliphatic heterocycles. The predicted octanol–water partition coefficient (Wildman–Crippen LogP) is 4.12. The van der Waals surface area contributed by atoms with Crippen molar-refractivity contribution < 1.29 is 23.4 Å². The first-order valence-electron chi connectivity index (χ1n) is 11.3. The maximum absolute atomic E-state index is 13.6. The summed E-state index contributed by atoms with van der Waals surface area (Å²) in [6.45, 7) is 9.94. The lowest BCUT2D eigenvalue weighted by molar-refractivity contribution is -0.139. The molecule has 2 aromatic heterocycles. The molecular weight excluding hydrogens is 548 g/mol. The molecule has 0 radical (unpaired) electrons. The van der Waals surface area contributed by atoms with Crippen molar-refractivity contribution in [3.63, 3.8) is 0 Å². The van der Waals surface area contributed by atoms with Crippen molar-refractivity contribution in [3.8, 4) is 11.5 Å². The number of hydrogen-bond acceptors (Lipinski definition) is 8. The number of rotatable bonds is 9. The molecule has 1 aromatic carbocycles. The van der Waals surface area contributed by atoms with Crippen LogP contribution in [0.1, 0.15) is 38.1 Å². The number of thiazole rings is 1. The maximum Gasteiger partial charge on any atom is 0.338 e. The van der Waals surface area contributed by atoms with E-state index in [9.17, 15) is 9.59 Å². The summed E-state index contributed by atoms with van der Waals surface area (Å²) in [6, 6.07) is 8.10. The Morgan fingerprint density at radius 2 is 2.03 bits per heavy atom. The van der Waals surface area contributed by atoms with Crippen LogP contribution in [0.15, 0.2) is 73.1 Å². The fourth-order valence-corrected chi connectivity index (χ4v) is 5.22. The topological polar surface area (TPSA) is 92.3 Å². The highest BCUT2D eigenvalue weighted by molar-refractivity contribution is 9.10. The third-order valence-corrected chi connectivity index (χ3v) is 6.73. The third kappa shape index (κ3) is 5.10. The second-order valence-corrected chi connectivity index (χ2v) is 9.47. The quantitative estimate of drug-likeness (QED) is 0.283. The number of furan rings is 1. The van der Waals surface area contributed by atoms with Crippen molar-refractivity contribution >= 4 is 39.3 Å². The molecule has 0 saturated carbocycles. The van der Waals surface area contributed by atoms with Gasteiger partial charge in [-0.2, -0.15) is 0 Å². The van der Waals surface area contributed by atoms with Crippen LogP contribution < -0.4 is 24.4 Å². The normalized spacial score (nSPS) is 15.3. The Hall–Kier alpha value is -3.37. The smallest absolute Gasteiger partial charge is 0.338 e. The molecule has 4 rings (SSSR count). The van der Waals surface area contributed by atoms with E-state index >= 15 is 0 Å². The van der Waals surface area contributed by atoms with E-state index in [1.807, 2.05) is 13.0 Å². The molecule has 188 valence electrons. The average Bonchev–Trinajstić information content (AvgIpc) is 3.39. The van der Waals surface area contributed by atoms with Crippen LogP contribution in [0.2, 0.25) is 0 Å². The molecule has 0 saturated heterocycles. The van der Waals surface area contributed by atoms with Crippen molar-refractivity contribution in [1.29, 1.82) is 0 Å². The summed E-state index contributed by atoms with van der Waals surface area (Å²) < 4.78 is 25.0. The van der Waals surface area contributed by atoms with Gasteiger partial charge in [0.2, 0.25) is 0 Å². The monoisotopic (exact) mass is 572 g/mol. The van der Waals surface area contributed by atoms with Crippen LogP contribution >= 0.6 is 27.3 Å². The molecule has 0 amide bonds. The first kappa shape index (κ1) is 25.7. The molecule has 0 bridgehead atoms. The van der Waals surface area contributed by atoms with Gasteiger partial charge in [0.15, 0.2) is 21.0 Å². The van der Waals surface area contributed by atoms with Gasteiger partial charge in [-0.15, -0.1) is 0 Å². The van der Waals surface area contributed by atoms with Gasteiger partial charge in [0, 0.05) is 6.08 Å². The average molecular weight is 573 g/mol. The van der Waals surface area contributed by atoms with E-state index in [4.69, 9.17) is 18.6 Å². The van der Waals surface area contributed by atoms with Gasteiger partial charge in [-0.1, -0.05) is 30.1 Å². The number of ether oxygens (including phenoxy) is 3. The summed E-state index contributed by atoms with van der Waals surface area (Å²) in [5.41, 5.74) is 1.14. The minimum absolute atomic E-state index is 0.193. The van der Waals surface area contributed by atoms with Crippen LogP contribution in [-0.4, -0.2) is 30.4 Å². The molecule has 8 nitrogen and oxygen atoms in total. The molecular formula is C26H25BrN2O6S. The fraction of sp³-hybridized carbons (Fsp3) is 0.269. The van der Waals surface area contributed by atoms with E-state index < -0.39 is 12.0 Å². The first-order valence-corrected chi connectivity index (χ1v) is 12.9. The van der Waals surface area contributed by atoms with Gasteiger partial charge < -0.3 is 18.6 Å². The van der Waals surface area contributed by atoms with Gasteiger partial charge >= 0.3 is 5.97 Å². The van der Waals surface area contributed by atoms with Crippen molar-refractivity contribution in [2.45, 2.75) is 26.8 Å². The van der Waals surface area contributed by atoms with E-state index in [1.54, 1.807) is 50.3 Å². The summed E-state index contributed by atoms with van der Waals surface area (Å²) in [5.74, 6) is 1.03. The number of carbonyl (C=O) groups excluding carboxylic acids is 1. The Bertz CT molecular complexity index is 1510. The van der Waals surface area contributed by atoms with Crippen molar-refractivity contribution in [1.82, 2.24) is 4.57 Å². The number of benzene rings is 1. The Balaban J connectivity index is 1.93. The molecule has 36 heavy (non-hydrogen) atoms. The van der Waals surface area contributed by atoms with Gasteiger partial charge in [0.25, 0.3) is 5.56 Å². The maximum atomic E-state index is 13.6.